The number of aromatic nitrogens is 2. The van der Waals surface area contributed by atoms with E-state index in [0.717, 1.165) is 19.6 Å². The maximum absolute atomic E-state index is 4.29. The van der Waals surface area contributed by atoms with Gasteiger partial charge in [-0.1, -0.05) is 0 Å². The first-order valence-electron chi connectivity index (χ1n) is 6.62. The normalized spacial score (nSPS) is 20.6. The maximum atomic E-state index is 4.29. The van der Waals surface area contributed by atoms with Crippen molar-refractivity contribution in [1.29, 1.82) is 0 Å². The number of likely N-dealkylation sites (N-methyl/N-ethyl adjacent to an activating group) is 1. The lowest BCUT2D eigenvalue weighted by molar-refractivity contribution is 0.261. The first kappa shape index (κ1) is 12.6. The van der Waals surface area contributed by atoms with Crippen LogP contribution in [0.25, 0.3) is 0 Å². The summed E-state index contributed by atoms with van der Waals surface area (Å²) in [6, 6.07) is 1.12. The van der Waals surface area contributed by atoms with Crippen molar-refractivity contribution in [2.75, 3.05) is 20.1 Å². The molecule has 1 aromatic rings. The van der Waals surface area contributed by atoms with Gasteiger partial charge in [0.2, 0.25) is 0 Å². The first-order chi connectivity index (χ1) is 8.18. The number of rotatable bonds is 5. The Morgan fingerprint density at radius 3 is 3.06 bits per heavy atom. The highest BCUT2D eigenvalue weighted by atomic mass is 15.2. The van der Waals surface area contributed by atoms with E-state index in [2.05, 4.69) is 40.7 Å². The Bertz CT molecular complexity index is 339. The van der Waals surface area contributed by atoms with Crippen LogP contribution in [-0.2, 0) is 6.54 Å². The van der Waals surface area contributed by atoms with Crippen LogP contribution in [-0.4, -0.2) is 40.6 Å². The number of nitrogens with zero attached hydrogens (tertiary/aromatic N) is 3. The van der Waals surface area contributed by atoms with Crippen molar-refractivity contribution in [3.63, 3.8) is 0 Å². The molecule has 0 saturated carbocycles. The summed E-state index contributed by atoms with van der Waals surface area (Å²) in [4.78, 5) is 6.66. The summed E-state index contributed by atoms with van der Waals surface area (Å²) < 4.78 is 2.29. The zero-order valence-corrected chi connectivity index (χ0v) is 11.2. The second-order valence-electron chi connectivity index (χ2n) is 5.24. The van der Waals surface area contributed by atoms with Gasteiger partial charge in [-0.25, -0.2) is 4.98 Å². The van der Waals surface area contributed by atoms with E-state index in [1.807, 2.05) is 12.5 Å². The second kappa shape index (κ2) is 5.65. The van der Waals surface area contributed by atoms with E-state index in [1.54, 1.807) is 0 Å². The molecule has 17 heavy (non-hydrogen) atoms. The summed E-state index contributed by atoms with van der Waals surface area (Å²) in [5.74, 6) is 0. The molecule has 1 N–H and O–H groups in total. The Hall–Kier alpha value is -0.870. The summed E-state index contributed by atoms with van der Waals surface area (Å²) in [6.07, 6.45) is 6.50. The van der Waals surface area contributed by atoms with Crippen LogP contribution in [0.2, 0.25) is 0 Å². The van der Waals surface area contributed by atoms with Gasteiger partial charge in [-0.15, -0.1) is 0 Å². The molecule has 1 aliphatic rings. The molecule has 4 nitrogen and oxygen atoms in total. The third-order valence-corrected chi connectivity index (χ3v) is 3.74. The minimum atomic E-state index is 0.516. The van der Waals surface area contributed by atoms with Gasteiger partial charge in [-0.3, -0.25) is 0 Å². The van der Waals surface area contributed by atoms with Gasteiger partial charge in [0.05, 0.1) is 12.0 Å². The Balaban J connectivity index is 1.94. The fraction of sp³-hybridized carbons (Fsp3) is 0.769. The molecule has 1 unspecified atom stereocenters. The second-order valence-corrected chi connectivity index (χ2v) is 5.24. The topological polar surface area (TPSA) is 33.1 Å². The van der Waals surface area contributed by atoms with Gasteiger partial charge in [0, 0.05) is 31.4 Å². The van der Waals surface area contributed by atoms with Crippen LogP contribution in [0.4, 0.5) is 0 Å². The van der Waals surface area contributed by atoms with E-state index < -0.39 is 0 Å². The largest absolute Gasteiger partial charge is 0.332 e. The molecule has 2 rings (SSSR count). The van der Waals surface area contributed by atoms with Crippen molar-refractivity contribution >= 4 is 0 Å². The lowest BCUT2D eigenvalue weighted by Gasteiger charge is -2.22. The zero-order chi connectivity index (χ0) is 12.3. The molecule has 2 heterocycles. The molecule has 1 aliphatic heterocycles. The summed E-state index contributed by atoms with van der Waals surface area (Å²) in [6.45, 7) is 7.71. The van der Waals surface area contributed by atoms with Crippen molar-refractivity contribution in [2.24, 2.45) is 0 Å². The van der Waals surface area contributed by atoms with Gasteiger partial charge in [-0.2, -0.15) is 0 Å². The molecular formula is C13H24N4. The van der Waals surface area contributed by atoms with Crippen LogP contribution >= 0.6 is 0 Å². The number of nitrogens with one attached hydrogen (secondary N) is 1. The molecule has 96 valence electrons. The molecule has 1 aromatic heterocycles. The van der Waals surface area contributed by atoms with E-state index in [0.29, 0.717) is 12.1 Å². The molecule has 1 fully saturated rings. The van der Waals surface area contributed by atoms with E-state index in [4.69, 9.17) is 0 Å². The zero-order valence-electron chi connectivity index (χ0n) is 11.2. The standard InChI is InChI=1S/C13H24N4/c1-11(2)16(3)7-8-17-10-14-9-13(17)12-5-4-6-15-12/h9-12,15H,4-8H2,1-3H3. The Labute approximate surface area is 104 Å². The fourth-order valence-corrected chi connectivity index (χ4v) is 2.27. The molecule has 0 bridgehead atoms. The van der Waals surface area contributed by atoms with Crippen molar-refractivity contribution in [1.82, 2.24) is 19.8 Å². The highest BCUT2D eigenvalue weighted by molar-refractivity contribution is 5.07. The first-order valence-corrected chi connectivity index (χ1v) is 6.62. The van der Waals surface area contributed by atoms with E-state index in [1.165, 1.54) is 18.5 Å². The third kappa shape index (κ3) is 3.07. The third-order valence-electron chi connectivity index (χ3n) is 3.74. The van der Waals surface area contributed by atoms with Crippen LogP contribution in [0.1, 0.15) is 38.4 Å². The monoisotopic (exact) mass is 236 g/mol. The average Bonchev–Trinajstić information content (AvgIpc) is 2.95. The smallest absolute Gasteiger partial charge is 0.0949 e. The SMILES string of the molecule is CC(C)N(C)CCn1cncc1C1CCCN1. The Morgan fingerprint density at radius 1 is 1.59 bits per heavy atom. The predicted octanol–water partition coefficient (Wildman–Crippen LogP) is 1.65. The molecule has 0 aliphatic carbocycles. The van der Waals surface area contributed by atoms with Crippen LogP contribution in [0, 0.1) is 0 Å². The number of imidazole rings is 1. The average molecular weight is 236 g/mol. The molecule has 1 saturated heterocycles. The van der Waals surface area contributed by atoms with Crippen LogP contribution in [0.5, 0.6) is 0 Å². The highest BCUT2D eigenvalue weighted by Crippen LogP contribution is 2.22. The van der Waals surface area contributed by atoms with Gasteiger partial charge in [0.1, 0.15) is 0 Å². The van der Waals surface area contributed by atoms with Gasteiger partial charge in [-0.05, 0) is 40.3 Å². The molecule has 4 heteroatoms. The molecule has 0 radical (unpaired) electrons. The van der Waals surface area contributed by atoms with Crippen LogP contribution in [0.3, 0.4) is 0 Å². The molecular weight excluding hydrogens is 212 g/mol. The van der Waals surface area contributed by atoms with E-state index in [9.17, 15) is 0 Å². The van der Waals surface area contributed by atoms with Gasteiger partial charge >= 0.3 is 0 Å². The van der Waals surface area contributed by atoms with Crippen molar-refractivity contribution < 1.29 is 0 Å². The minimum absolute atomic E-state index is 0.516. The van der Waals surface area contributed by atoms with Gasteiger partial charge in [0.15, 0.2) is 0 Å². The van der Waals surface area contributed by atoms with Crippen molar-refractivity contribution in [3.05, 3.63) is 18.2 Å². The van der Waals surface area contributed by atoms with Crippen LogP contribution < -0.4 is 5.32 Å². The highest BCUT2D eigenvalue weighted by Gasteiger charge is 2.19. The Morgan fingerprint density at radius 2 is 2.41 bits per heavy atom. The van der Waals surface area contributed by atoms with Gasteiger partial charge in [0.25, 0.3) is 0 Å². The van der Waals surface area contributed by atoms with E-state index in [-0.39, 0.29) is 0 Å². The number of hydrogen-bond acceptors (Lipinski definition) is 3. The Kier molecular flexibility index (Phi) is 4.18. The molecule has 1 atom stereocenters. The van der Waals surface area contributed by atoms with Gasteiger partial charge < -0.3 is 14.8 Å². The van der Waals surface area contributed by atoms with Crippen molar-refractivity contribution in [3.8, 4) is 0 Å². The van der Waals surface area contributed by atoms with E-state index >= 15 is 0 Å². The molecule has 0 aromatic carbocycles. The summed E-state index contributed by atoms with van der Waals surface area (Å²) >= 11 is 0. The minimum Gasteiger partial charge on any atom is -0.332 e. The maximum Gasteiger partial charge on any atom is 0.0949 e. The summed E-state index contributed by atoms with van der Waals surface area (Å²) in [5.41, 5.74) is 1.35. The van der Waals surface area contributed by atoms with Crippen molar-refractivity contribution in [2.45, 2.75) is 45.3 Å². The lowest BCUT2D eigenvalue weighted by Crippen LogP contribution is -2.30. The molecule has 0 amide bonds. The molecule has 0 spiro atoms. The lowest BCUT2D eigenvalue weighted by atomic mass is 10.2. The quantitative estimate of drug-likeness (QED) is 0.844. The summed E-state index contributed by atoms with van der Waals surface area (Å²) in [7, 11) is 2.18. The van der Waals surface area contributed by atoms with Crippen LogP contribution in [0.15, 0.2) is 12.5 Å². The fourth-order valence-electron chi connectivity index (χ4n) is 2.27. The predicted molar refractivity (Wildman–Crippen MR) is 70.0 cm³/mol. The summed E-state index contributed by atoms with van der Waals surface area (Å²) in [5, 5.41) is 3.54. The number of hydrogen-bond donors (Lipinski definition) is 1.